The van der Waals surface area contributed by atoms with Crippen LogP contribution in [-0.2, 0) is 6.54 Å². The molecule has 0 spiro atoms. The Balaban J connectivity index is 1.80. The molecule has 1 aromatic heterocycles. The molecule has 98 valence electrons. The molecule has 4 nitrogen and oxygen atoms in total. The van der Waals surface area contributed by atoms with E-state index in [2.05, 4.69) is 0 Å². The van der Waals surface area contributed by atoms with Crippen LogP contribution in [-0.4, -0.2) is 23.0 Å². The molecule has 0 saturated carbocycles. The number of ether oxygens (including phenoxy) is 1. The van der Waals surface area contributed by atoms with E-state index in [0.29, 0.717) is 17.0 Å². The third-order valence-electron chi connectivity index (χ3n) is 3.24. The highest BCUT2D eigenvalue weighted by atomic mass is 32.1. The van der Waals surface area contributed by atoms with Crippen molar-refractivity contribution < 1.29 is 14.6 Å². The van der Waals surface area contributed by atoms with Crippen LogP contribution in [0.5, 0.6) is 5.75 Å². The topological polar surface area (TPSA) is 49.8 Å². The number of carbonyl (C=O) groups excluding carboxylic acids is 1. The van der Waals surface area contributed by atoms with Crippen LogP contribution in [0.4, 0.5) is 0 Å². The smallest absolute Gasteiger partial charge is 0.266 e. The molecule has 1 atom stereocenters. The van der Waals surface area contributed by atoms with Crippen LogP contribution in [0.3, 0.4) is 0 Å². The average Bonchev–Trinajstić information content (AvgIpc) is 3.00. The summed E-state index contributed by atoms with van der Waals surface area (Å²) in [7, 11) is 1.61. The Morgan fingerprint density at radius 3 is 2.68 bits per heavy atom. The second-order valence-electron chi connectivity index (χ2n) is 4.36. The summed E-state index contributed by atoms with van der Waals surface area (Å²) in [5.74, 6) is 0.671. The van der Waals surface area contributed by atoms with Gasteiger partial charge in [0.1, 0.15) is 5.75 Å². The van der Waals surface area contributed by atoms with E-state index in [-0.39, 0.29) is 5.91 Å². The fourth-order valence-electron chi connectivity index (χ4n) is 2.19. The molecule has 0 radical (unpaired) electrons. The summed E-state index contributed by atoms with van der Waals surface area (Å²) in [6.45, 7) is 0.394. The highest BCUT2D eigenvalue weighted by molar-refractivity contribution is 7.12. The van der Waals surface area contributed by atoms with Gasteiger partial charge in [0.05, 0.1) is 12.0 Å². The van der Waals surface area contributed by atoms with Gasteiger partial charge in [0, 0.05) is 12.1 Å². The van der Waals surface area contributed by atoms with Crippen molar-refractivity contribution in [3.05, 3.63) is 51.7 Å². The Labute approximate surface area is 114 Å². The minimum Gasteiger partial charge on any atom is -0.497 e. The Hall–Kier alpha value is -1.85. The predicted octanol–water partition coefficient (Wildman–Crippen LogP) is 2.40. The summed E-state index contributed by atoms with van der Waals surface area (Å²) in [6, 6.07) is 9.28. The maximum atomic E-state index is 12.1. The Morgan fingerprint density at radius 2 is 2.05 bits per heavy atom. The molecule has 0 bridgehead atoms. The molecule has 3 rings (SSSR count). The molecule has 0 fully saturated rings. The minimum atomic E-state index is -0.837. The molecule has 1 unspecified atom stereocenters. The molecule has 0 saturated heterocycles. The van der Waals surface area contributed by atoms with Crippen LogP contribution in [0.2, 0.25) is 0 Å². The number of nitrogens with zero attached hydrogens (tertiary/aromatic N) is 1. The van der Waals surface area contributed by atoms with Crippen molar-refractivity contribution in [3.8, 4) is 5.75 Å². The molecule has 1 amide bonds. The first-order chi connectivity index (χ1) is 9.20. The van der Waals surface area contributed by atoms with Crippen LogP contribution in [0.1, 0.15) is 27.0 Å². The maximum absolute atomic E-state index is 12.1. The standard InChI is InChI=1S/C14H13NO3S/c1-18-10-4-2-9(3-5-10)8-15-13(16)11-6-7-19-12(11)14(15)17/h2-7,13,16H,8H2,1H3. The van der Waals surface area contributed by atoms with Crippen molar-refractivity contribution in [2.75, 3.05) is 7.11 Å². The molecular formula is C14H13NO3S. The third-order valence-corrected chi connectivity index (χ3v) is 4.15. The van der Waals surface area contributed by atoms with E-state index in [1.54, 1.807) is 13.2 Å². The summed E-state index contributed by atoms with van der Waals surface area (Å²) in [5, 5.41) is 12.0. The van der Waals surface area contributed by atoms with Crippen LogP contribution < -0.4 is 4.74 Å². The lowest BCUT2D eigenvalue weighted by Gasteiger charge is -2.21. The highest BCUT2D eigenvalue weighted by Gasteiger charge is 2.36. The number of benzene rings is 1. The lowest BCUT2D eigenvalue weighted by atomic mass is 10.2. The SMILES string of the molecule is COc1ccc(CN2C(=O)c3sccc3C2O)cc1. The van der Waals surface area contributed by atoms with Crippen molar-refractivity contribution in [2.24, 2.45) is 0 Å². The zero-order valence-electron chi connectivity index (χ0n) is 10.4. The van der Waals surface area contributed by atoms with Gasteiger partial charge in [0.25, 0.3) is 5.91 Å². The van der Waals surface area contributed by atoms with Crippen LogP contribution in [0, 0.1) is 0 Å². The molecule has 19 heavy (non-hydrogen) atoms. The van der Waals surface area contributed by atoms with E-state index >= 15 is 0 Å². The lowest BCUT2D eigenvalue weighted by Crippen LogP contribution is -2.27. The summed E-state index contributed by atoms with van der Waals surface area (Å²) >= 11 is 1.37. The average molecular weight is 275 g/mol. The van der Waals surface area contributed by atoms with E-state index in [1.807, 2.05) is 29.6 Å². The number of rotatable bonds is 3. The van der Waals surface area contributed by atoms with Gasteiger partial charge in [-0.25, -0.2) is 0 Å². The fraction of sp³-hybridized carbons (Fsp3) is 0.214. The minimum absolute atomic E-state index is 0.103. The van der Waals surface area contributed by atoms with Crippen LogP contribution in [0.25, 0.3) is 0 Å². The van der Waals surface area contributed by atoms with Crippen molar-refractivity contribution in [1.82, 2.24) is 4.90 Å². The number of fused-ring (bicyclic) bond motifs is 1. The highest BCUT2D eigenvalue weighted by Crippen LogP contribution is 2.36. The van der Waals surface area contributed by atoms with Gasteiger partial charge in [0.15, 0.2) is 6.23 Å². The first-order valence-corrected chi connectivity index (χ1v) is 6.78. The number of hydrogen-bond acceptors (Lipinski definition) is 4. The van der Waals surface area contributed by atoms with Crippen molar-refractivity contribution in [2.45, 2.75) is 12.8 Å². The van der Waals surface area contributed by atoms with Crippen LogP contribution >= 0.6 is 11.3 Å². The van der Waals surface area contributed by atoms with Gasteiger partial charge in [-0.2, -0.15) is 0 Å². The molecule has 2 aromatic rings. The fourth-order valence-corrected chi connectivity index (χ4v) is 3.07. The van der Waals surface area contributed by atoms with Gasteiger partial charge in [-0.05, 0) is 29.1 Å². The first kappa shape index (κ1) is 12.2. The quantitative estimate of drug-likeness (QED) is 0.935. The van der Waals surface area contributed by atoms with Gasteiger partial charge < -0.3 is 14.7 Å². The van der Waals surface area contributed by atoms with Gasteiger partial charge in [0.2, 0.25) is 0 Å². The summed E-state index contributed by atoms with van der Waals surface area (Å²) in [5.41, 5.74) is 1.67. The zero-order chi connectivity index (χ0) is 13.4. The third kappa shape index (κ3) is 2.01. The number of aliphatic hydroxyl groups excluding tert-OH is 1. The number of methoxy groups -OCH3 is 1. The molecule has 1 aliphatic heterocycles. The summed E-state index contributed by atoms with van der Waals surface area (Å²) < 4.78 is 5.09. The molecular weight excluding hydrogens is 262 g/mol. The van der Waals surface area contributed by atoms with E-state index in [9.17, 15) is 9.90 Å². The normalized spacial score (nSPS) is 17.7. The Bertz CT molecular complexity index is 605. The van der Waals surface area contributed by atoms with Gasteiger partial charge in [-0.3, -0.25) is 4.79 Å². The van der Waals surface area contributed by atoms with E-state index in [1.165, 1.54) is 16.2 Å². The lowest BCUT2D eigenvalue weighted by molar-refractivity contribution is 0.0137. The Kier molecular flexibility index (Phi) is 3.00. The predicted molar refractivity (Wildman–Crippen MR) is 72.1 cm³/mol. The zero-order valence-corrected chi connectivity index (χ0v) is 11.2. The molecule has 1 N–H and O–H groups in total. The van der Waals surface area contributed by atoms with Crippen molar-refractivity contribution in [3.63, 3.8) is 0 Å². The second-order valence-corrected chi connectivity index (χ2v) is 5.28. The van der Waals surface area contributed by atoms with Crippen molar-refractivity contribution >= 4 is 17.2 Å². The molecule has 0 aliphatic carbocycles. The maximum Gasteiger partial charge on any atom is 0.266 e. The summed E-state index contributed by atoms with van der Waals surface area (Å²) in [4.78, 5) is 14.3. The van der Waals surface area contributed by atoms with Crippen molar-refractivity contribution in [1.29, 1.82) is 0 Å². The summed E-state index contributed by atoms with van der Waals surface area (Å²) in [6.07, 6.45) is -0.837. The number of thiophene rings is 1. The van der Waals surface area contributed by atoms with E-state index < -0.39 is 6.23 Å². The van der Waals surface area contributed by atoms with E-state index in [4.69, 9.17) is 4.74 Å². The number of amides is 1. The van der Waals surface area contributed by atoms with Gasteiger partial charge in [-0.15, -0.1) is 11.3 Å². The Morgan fingerprint density at radius 1 is 1.32 bits per heavy atom. The van der Waals surface area contributed by atoms with E-state index in [0.717, 1.165) is 11.3 Å². The second kappa shape index (κ2) is 4.68. The van der Waals surface area contributed by atoms with Gasteiger partial charge >= 0.3 is 0 Å². The number of aliphatic hydroxyl groups is 1. The molecule has 1 aromatic carbocycles. The van der Waals surface area contributed by atoms with Crippen LogP contribution in [0.15, 0.2) is 35.7 Å². The molecule has 2 heterocycles. The van der Waals surface area contributed by atoms with Gasteiger partial charge in [-0.1, -0.05) is 12.1 Å². The molecule has 1 aliphatic rings. The first-order valence-electron chi connectivity index (χ1n) is 5.90. The number of hydrogen-bond donors (Lipinski definition) is 1. The number of carbonyl (C=O) groups is 1. The largest absolute Gasteiger partial charge is 0.497 e. The monoisotopic (exact) mass is 275 g/mol. The molecule has 5 heteroatoms.